The van der Waals surface area contributed by atoms with Crippen LogP contribution in [0, 0.1) is 22.7 Å². The molecule has 0 aliphatic carbocycles. The monoisotopic (exact) mass is 738 g/mol. The topological polar surface area (TPSA) is 57.4 Å². The fraction of sp³-hybridized carbons (Fsp3) is 0.385. The van der Waals surface area contributed by atoms with Crippen LogP contribution in [0.25, 0.3) is 55.0 Å². The van der Waals surface area contributed by atoms with Crippen molar-refractivity contribution in [1.82, 2.24) is 9.13 Å². The number of hydrogen-bond acceptors (Lipinski definition) is 2. The van der Waals surface area contributed by atoms with Crippen LogP contribution < -0.4 is 0 Å². The summed E-state index contributed by atoms with van der Waals surface area (Å²) in [5.41, 5.74) is 12.1. The van der Waals surface area contributed by atoms with Gasteiger partial charge in [-0.3, -0.25) is 0 Å². The highest BCUT2D eigenvalue weighted by Gasteiger charge is 2.33. The summed E-state index contributed by atoms with van der Waals surface area (Å²) in [4.78, 5) is 0. The summed E-state index contributed by atoms with van der Waals surface area (Å²) in [5.74, 6) is 0. The van der Waals surface area contributed by atoms with Gasteiger partial charge in [0.15, 0.2) is 0 Å². The van der Waals surface area contributed by atoms with E-state index in [1.54, 1.807) is 0 Å². The summed E-state index contributed by atoms with van der Waals surface area (Å²) in [6.45, 7) is 33.7. The average molecular weight is 739 g/mol. The molecule has 0 N–H and O–H groups in total. The number of hydrogen-bond donors (Lipinski definition) is 0. The molecule has 0 aliphatic rings. The van der Waals surface area contributed by atoms with Crippen LogP contribution in [0.2, 0.25) is 0 Å². The van der Waals surface area contributed by atoms with Crippen molar-refractivity contribution in [2.45, 2.75) is 131 Å². The predicted octanol–water partition coefficient (Wildman–Crippen LogP) is 14.1. The molecular formula is C52H58N4. The largest absolute Gasteiger partial charge is 0.308 e. The Morgan fingerprint density at radius 1 is 0.357 bits per heavy atom. The van der Waals surface area contributed by atoms with Gasteiger partial charge < -0.3 is 9.13 Å². The molecule has 0 aliphatic heterocycles. The zero-order valence-corrected chi connectivity index (χ0v) is 36.3. The zero-order valence-electron chi connectivity index (χ0n) is 36.3. The summed E-state index contributed by atoms with van der Waals surface area (Å²) in [6, 6.07) is 34.3. The van der Waals surface area contributed by atoms with Crippen molar-refractivity contribution >= 4 is 43.6 Å². The Labute approximate surface area is 334 Å². The SMILES string of the molecule is CC(C)(C)c1ccc2c(c1)c1cc(C(C)(C)C)ccc1n2-c1c(C#N)cc(C#N)c(-n2c3ccc(C(C)(C)C)cc3c3cc(C(C)(C)C)ccc32)c1C(C)(C)C. The van der Waals surface area contributed by atoms with Crippen LogP contribution in [0.5, 0.6) is 0 Å². The minimum absolute atomic E-state index is 0.0451. The highest BCUT2D eigenvalue weighted by Crippen LogP contribution is 2.46. The molecule has 7 rings (SSSR count). The van der Waals surface area contributed by atoms with Gasteiger partial charge in [0.1, 0.15) is 12.1 Å². The second-order valence-electron chi connectivity index (χ2n) is 21.1. The molecule has 0 spiro atoms. The molecule has 0 saturated heterocycles. The number of aromatic nitrogens is 2. The van der Waals surface area contributed by atoms with E-state index < -0.39 is 5.41 Å². The first-order chi connectivity index (χ1) is 25.9. The van der Waals surface area contributed by atoms with E-state index in [4.69, 9.17) is 0 Å². The highest BCUT2D eigenvalue weighted by atomic mass is 15.0. The molecule has 286 valence electrons. The normalized spacial score (nSPS) is 13.2. The smallest absolute Gasteiger partial charge is 0.101 e. The molecule has 0 bridgehead atoms. The molecule has 2 aromatic heterocycles. The third kappa shape index (κ3) is 6.29. The minimum Gasteiger partial charge on any atom is -0.308 e. The average Bonchev–Trinajstić information content (AvgIpc) is 3.59. The molecule has 7 aromatic rings. The Morgan fingerprint density at radius 3 is 0.804 bits per heavy atom. The van der Waals surface area contributed by atoms with Gasteiger partial charge in [0, 0.05) is 27.1 Å². The first kappa shape index (κ1) is 38.9. The molecule has 5 aromatic carbocycles. The van der Waals surface area contributed by atoms with Crippen LogP contribution >= 0.6 is 0 Å². The lowest BCUT2D eigenvalue weighted by Gasteiger charge is -2.30. The lowest BCUT2D eigenvalue weighted by atomic mass is 9.81. The second-order valence-corrected chi connectivity index (χ2v) is 21.1. The van der Waals surface area contributed by atoms with Crippen molar-refractivity contribution in [2.24, 2.45) is 0 Å². The zero-order chi connectivity index (χ0) is 41.1. The predicted molar refractivity (Wildman–Crippen MR) is 238 cm³/mol. The Morgan fingerprint density at radius 2 is 0.607 bits per heavy atom. The second kappa shape index (κ2) is 12.6. The van der Waals surface area contributed by atoms with Gasteiger partial charge in [-0.25, -0.2) is 0 Å². The Hall–Kier alpha value is -5.32. The van der Waals surface area contributed by atoms with Gasteiger partial charge in [0.25, 0.3) is 0 Å². The summed E-state index contributed by atoms with van der Waals surface area (Å²) < 4.78 is 4.63. The molecule has 0 unspecified atom stereocenters. The van der Waals surface area contributed by atoms with E-state index in [0.29, 0.717) is 11.1 Å². The van der Waals surface area contributed by atoms with Crippen LogP contribution in [-0.2, 0) is 27.1 Å². The van der Waals surface area contributed by atoms with Crippen LogP contribution in [0.3, 0.4) is 0 Å². The van der Waals surface area contributed by atoms with Gasteiger partial charge in [-0.1, -0.05) is 128 Å². The number of rotatable bonds is 2. The van der Waals surface area contributed by atoms with E-state index in [-0.39, 0.29) is 21.7 Å². The van der Waals surface area contributed by atoms with Crippen LogP contribution in [0.1, 0.15) is 143 Å². The highest BCUT2D eigenvalue weighted by molar-refractivity contribution is 6.12. The fourth-order valence-corrected chi connectivity index (χ4v) is 8.40. The number of fused-ring (bicyclic) bond motifs is 6. The maximum Gasteiger partial charge on any atom is 0.101 e. The summed E-state index contributed by atoms with van der Waals surface area (Å²) >= 11 is 0. The lowest BCUT2D eigenvalue weighted by molar-refractivity contribution is 0.584. The number of nitrogens with zero attached hydrogens (tertiary/aromatic N) is 4. The van der Waals surface area contributed by atoms with E-state index in [0.717, 1.165) is 60.5 Å². The van der Waals surface area contributed by atoms with Crippen molar-refractivity contribution in [3.8, 4) is 23.5 Å². The van der Waals surface area contributed by atoms with Gasteiger partial charge in [0.05, 0.1) is 44.6 Å². The van der Waals surface area contributed by atoms with Crippen molar-refractivity contribution < 1.29 is 0 Å². The molecule has 4 heteroatoms. The van der Waals surface area contributed by atoms with Gasteiger partial charge >= 0.3 is 0 Å². The Balaban J connectivity index is 1.72. The molecule has 0 fully saturated rings. The quantitative estimate of drug-likeness (QED) is 0.177. The first-order valence-electron chi connectivity index (χ1n) is 20.1. The molecular weight excluding hydrogens is 681 g/mol. The maximum atomic E-state index is 11.1. The van der Waals surface area contributed by atoms with E-state index in [1.165, 1.54) is 22.3 Å². The fourth-order valence-electron chi connectivity index (χ4n) is 8.40. The van der Waals surface area contributed by atoms with Crippen molar-refractivity contribution in [1.29, 1.82) is 10.5 Å². The van der Waals surface area contributed by atoms with Gasteiger partial charge in [-0.05, 0) is 104 Å². The lowest BCUT2D eigenvalue weighted by Crippen LogP contribution is -2.21. The molecule has 0 atom stereocenters. The van der Waals surface area contributed by atoms with Crippen LogP contribution in [-0.4, -0.2) is 9.13 Å². The third-order valence-corrected chi connectivity index (χ3v) is 11.7. The van der Waals surface area contributed by atoms with Crippen molar-refractivity contribution in [2.75, 3.05) is 0 Å². The summed E-state index contributed by atoms with van der Waals surface area (Å²) in [7, 11) is 0. The maximum absolute atomic E-state index is 11.1. The number of nitriles is 2. The minimum atomic E-state index is -0.484. The molecule has 56 heavy (non-hydrogen) atoms. The van der Waals surface area contributed by atoms with Gasteiger partial charge in [0.2, 0.25) is 0 Å². The van der Waals surface area contributed by atoms with Gasteiger partial charge in [-0.15, -0.1) is 0 Å². The molecule has 0 radical (unpaired) electrons. The first-order valence-corrected chi connectivity index (χ1v) is 20.1. The van der Waals surface area contributed by atoms with Gasteiger partial charge in [-0.2, -0.15) is 10.5 Å². The standard InChI is InChI=1S/C52H58N4/c1-48(2,3)33-16-20-41-37(25-33)38-26-34(49(4,5)6)17-21-42(38)55(41)46-31(29-53)24-32(30-54)47(45(46)52(13,14)15)56-43-22-18-35(50(7,8)9)27-39(43)40-28-36(51(10,11)12)19-23-44(40)56/h16-28H,1-15H3. The van der Waals surface area contributed by atoms with E-state index >= 15 is 0 Å². The summed E-state index contributed by atoms with van der Waals surface area (Å²) in [5, 5.41) is 26.8. The molecule has 4 nitrogen and oxygen atoms in total. The summed E-state index contributed by atoms with van der Waals surface area (Å²) in [6.07, 6.45) is 0. The number of benzene rings is 5. The molecule has 2 heterocycles. The third-order valence-electron chi connectivity index (χ3n) is 11.7. The van der Waals surface area contributed by atoms with Crippen LogP contribution in [0.15, 0.2) is 78.9 Å². The van der Waals surface area contributed by atoms with E-state index in [1.807, 2.05) is 6.07 Å². The van der Waals surface area contributed by atoms with Crippen LogP contribution in [0.4, 0.5) is 0 Å². The molecule has 0 amide bonds. The van der Waals surface area contributed by atoms with E-state index in [2.05, 4.69) is 198 Å². The molecule has 0 saturated carbocycles. The van der Waals surface area contributed by atoms with Crippen molar-refractivity contribution in [3.63, 3.8) is 0 Å². The van der Waals surface area contributed by atoms with Crippen molar-refractivity contribution in [3.05, 3.63) is 118 Å². The Kier molecular flexibility index (Phi) is 8.76. The Bertz CT molecular complexity index is 2490. The van der Waals surface area contributed by atoms with E-state index in [9.17, 15) is 10.5 Å².